The highest BCUT2D eigenvalue weighted by atomic mass is 19.1. The number of nitrogens with zero attached hydrogens (tertiary/aromatic N) is 1. The average Bonchev–Trinajstić information content (AvgIpc) is 2.38. The summed E-state index contributed by atoms with van der Waals surface area (Å²) in [6.07, 6.45) is 1.94. The minimum absolute atomic E-state index is 0.0888. The van der Waals surface area contributed by atoms with Crippen LogP contribution >= 0.6 is 0 Å². The second-order valence-electron chi connectivity index (χ2n) is 5.90. The molecule has 2 nitrogen and oxygen atoms in total. The molecule has 1 N–H and O–H groups in total. The predicted octanol–water partition coefficient (Wildman–Crippen LogP) is 2.69. The van der Waals surface area contributed by atoms with Crippen molar-refractivity contribution < 1.29 is 4.39 Å². The summed E-state index contributed by atoms with van der Waals surface area (Å²) in [5.41, 5.74) is 0.809. The zero-order valence-electron chi connectivity index (χ0n) is 12.2. The molecule has 1 heterocycles. The smallest absolute Gasteiger partial charge is 0.126 e. The maximum absolute atomic E-state index is 13.5. The largest absolute Gasteiger partial charge is 0.313 e. The van der Waals surface area contributed by atoms with Gasteiger partial charge < -0.3 is 10.2 Å². The standard InChI is InChI=1S/C16H25FN2/c1-12-11-19(3)13(2)10-16(12)18-9-8-14-6-4-5-7-15(14)17/h4-7,12-13,16,18H,8-11H2,1-3H3/t12-,13-,16+/m1/s1. The van der Waals surface area contributed by atoms with Crippen LogP contribution in [-0.2, 0) is 6.42 Å². The van der Waals surface area contributed by atoms with Crippen LogP contribution in [0.15, 0.2) is 24.3 Å². The Hall–Kier alpha value is -0.930. The molecule has 1 aliphatic rings. The quantitative estimate of drug-likeness (QED) is 0.899. The van der Waals surface area contributed by atoms with Gasteiger partial charge in [-0.15, -0.1) is 0 Å². The predicted molar refractivity (Wildman–Crippen MR) is 77.8 cm³/mol. The molecule has 2 rings (SSSR count). The van der Waals surface area contributed by atoms with Crippen LogP contribution in [0.2, 0.25) is 0 Å². The summed E-state index contributed by atoms with van der Waals surface area (Å²) in [4.78, 5) is 2.42. The van der Waals surface area contributed by atoms with Crippen LogP contribution in [0.4, 0.5) is 4.39 Å². The highest BCUT2D eigenvalue weighted by Gasteiger charge is 2.28. The fourth-order valence-corrected chi connectivity index (χ4v) is 2.92. The van der Waals surface area contributed by atoms with E-state index < -0.39 is 0 Å². The molecule has 1 saturated heterocycles. The lowest BCUT2D eigenvalue weighted by Gasteiger charge is -2.40. The maximum atomic E-state index is 13.5. The lowest BCUT2D eigenvalue weighted by molar-refractivity contribution is 0.122. The van der Waals surface area contributed by atoms with Crippen LogP contribution in [-0.4, -0.2) is 37.1 Å². The van der Waals surface area contributed by atoms with Crippen molar-refractivity contribution in [3.05, 3.63) is 35.6 Å². The lowest BCUT2D eigenvalue weighted by Crippen LogP contribution is -2.51. The summed E-state index contributed by atoms with van der Waals surface area (Å²) in [5, 5.41) is 3.60. The van der Waals surface area contributed by atoms with Crippen molar-refractivity contribution in [3.63, 3.8) is 0 Å². The third-order valence-electron chi connectivity index (χ3n) is 4.37. The van der Waals surface area contributed by atoms with Crippen LogP contribution in [0.1, 0.15) is 25.8 Å². The van der Waals surface area contributed by atoms with Gasteiger partial charge in [0, 0.05) is 18.6 Å². The molecular weight excluding hydrogens is 239 g/mol. The van der Waals surface area contributed by atoms with E-state index in [1.165, 1.54) is 12.5 Å². The van der Waals surface area contributed by atoms with E-state index in [4.69, 9.17) is 0 Å². The Balaban J connectivity index is 1.81. The zero-order chi connectivity index (χ0) is 13.8. The van der Waals surface area contributed by atoms with Gasteiger partial charge in [-0.3, -0.25) is 0 Å². The Morgan fingerprint density at radius 2 is 2.05 bits per heavy atom. The molecule has 0 aromatic heterocycles. The molecular formula is C16H25FN2. The summed E-state index contributed by atoms with van der Waals surface area (Å²) >= 11 is 0. The van der Waals surface area contributed by atoms with Gasteiger partial charge >= 0.3 is 0 Å². The minimum Gasteiger partial charge on any atom is -0.313 e. The number of likely N-dealkylation sites (tertiary alicyclic amines) is 1. The number of nitrogens with one attached hydrogen (secondary N) is 1. The van der Waals surface area contributed by atoms with E-state index in [1.807, 2.05) is 12.1 Å². The van der Waals surface area contributed by atoms with Crippen molar-refractivity contribution in [2.24, 2.45) is 5.92 Å². The number of hydrogen-bond acceptors (Lipinski definition) is 2. The van der Waals surface area contributed by atoms with Crippen molar-refractivity contribution in [3.8, 4) is 0 Å². The van der Waals surface area contributed by atoms with Crippen molar-refractivity contribution in [1.29, 1.82) is 0 Å². The first-order valence-electron chi connectivity index (χ1n) is 7.25. The summed E-state index contributed by atoms with van der Waals surface area (Å²) in [6.45, 7) is 6.56. The topological polar surface area (TPSA) is 15.3 Å². The number of hydrogen-bond donors (Lipinski definition) is 1. The Kier molecular flexibility index (Phi) is 4.94. The first kappa shape index (κ1) is 14.5. The van der Waals surface area contributed by atoms with Crippen molar-refractivity contribution >= 4 is 0 Å². The third-order valence-corrected chi connectivity index (χ3v) is 4.37. The molecule has 1 aliphatic heterocycles. The van der Waals surface area contributed by atoms with Crippen molar-refractivity contribution in [2.75, 3.05) is 20.1 Å². The van der Waals surface area contributed by atoms with Gasteiger partial charge in [0.1, 0.15) is 5.82 Å². The fraction of sp³-hybridized carbons (Fsp3) is 0.625. The van der Waals surface area contributed by atoms with Gasteiger partial charge in [-0.1, -0.05) is 25.1 Å². The van der Waals surface area contributed by atoms with Crippen LogP contribution in [0, 0.1) is 11.7 Å². The molecule has 3 heteroatoms. The Morgan fingerprint density at radius 1 is 1.32 bits per heavy atom. The molecule has 0 bridgehead atoms. The monoisotopic (exact) mass is 264 g/mol. The summed E-state index contributed by atoms with van der Waals surface area (Å²) in [6, 6.07) is 8.24. The van der Waals surface area contributed by atoms with E-state index in [0.29, 0.717) is 18.0 Å². The molecule has 3 atom stereocenters. The van der Waals surface area contributed by atoms with Gasteiger partial charge in [0.25, 0.3) is 0 Å². The molecule has 1 aromatic carbocycles. The van der Waals surface area contributed by atoms with Gasteiger partial charge in [0.15, 0.2) is 0 Å². The third kappa shape index (κ3) is 3.77. The van der Waals surface area contributed by atoms with Gasteiger partial charge in [0.2, 0.25) is 0 Å². The van der Waals surface area contributed by atoms with Gasteiger partial charge in [-0.05, 0) is 50.9 Å². The zero-order valence-corrected chi connectivity index (χ0v) is 12.2. The first-order valence-corrected chi connectivity index (χ1v) is 7.25. The Morgan fingerprint density at radius 3 is 2.79 bits per heavy atom. The summed E-state index contributed by atoms with van der Waals surface area (Å²) < 4.78 is 13.5. The normalized spacial score (nSPS) is 28.5. The maximum Gasteiger partial charge on any atom is 0.126 e. The van der Waals surface area contributed by atoms with Crippen LogP contribution in [0.3, 0.4) is 0 Å². The molecule has 1 fully saturated rings. The van der Waals surface area contributed by atoms with E-state index >= 15 is 0 Å². The number of piperidine rings is 1. The molecule has 0 radical (unpaired) electrons. The summed E-state index contributed by atoms with van der Waals surface area (Å²) in [7, 11) is 2.19. The Labute approximate surface area is 116 Å². The summed E-state index contributed by atoms with van der Waals surface area (Å²) in [5.74, 6) is 0.566. The van der Waals surface area contributed by atoms with E-state index in [9.17, 15) is 4.39 Å². The number of halogens is 1. The highest BCUT2D eigenvalue weighted by molar-refractivity contribution is 5.17. The number of benzene rings is 1. The van der Waals surface area contributed by atoms with Crippen LogP contribution in [0.5, 0.6) is 0 Å². The van der Waals surface area contributed by atoms with Gasteiger partial charge in [-0.2, -0.15) is 0 Å². The fourth-order valence-electron chi connectivity index (χ4n) is 2.92. The average molecular weight is 264 g/mol. The molecule has 0 aliphatic carbocycles. The molecule has 106 valence electrons. The second kappa shape index (κ2) is 6.49. The molecule has 0 amide bonds. The lowest BCUT2D eigenvalue weighted by atomic mass is 9.90. The van der Waals surface area contributed by atoms with Crippen LogP contribution in [0.25, 0.3) is 0 Å². The molecule has 19 heavy (non-hydrogen) atoms. The van der Waals surface area contributed by atoms with E-state index in [1.54, 1.807) is 6.07 Å². The Bertz CT molecular complexity index is 407. The SMILES string of the molecule is C[C@@H]1CN(C)[C@H](C)C[C@@H]1NCCc1ccccc1F. The number of rotatable bonds is 4. The van der Waals surface area contributed by atoms with Gasteiger partial charge in [0.05, 0.1) is 0 Å². The van der Waals surface area contributed by atoms with E-state index in [-0.39, 0.29) is 5.82 Å². The van der Waals surface area contributed by atoms with Crippen LogP contribution < -0.4 is 5.32 Å². The molecule has 0 unspecified atom stereocenters. The minimum atomic E-state index is -0.0888. The van der Waals surface area contributed by atoms with Crippen molar-refractivity contribution in [2.45, 2.75) is 38.8 Å². The van der Waals surface area contributed by atoms with Crippen molar-refractivity contribution in [1.82, 2.24) is 10.2 Å². The molecule has 0 saturated carbocycles. The van der Waals surface area contributed by atoms with E-state index in [2.05, 4.69) is 31.1 Å². The highest BCUT2D eigenvalue weighted by Crippen LogP contribution is 2.20. The second-order valence-corrected chi connectivity index (χ2v) is 5.90. The molecule has 1 aromatic rings. The van der Waals surface area contributed by atoms with E-state index in [0.717, 1.165) is 25.1 Å². The van der Waals surface area contributed by atoms with Gasteiger partial charge in [-0.25, -0.2) is 4.39 Å². The molecule has 0 spiro atoms. The first-order chi connectivity index (χ1) is 9.08.